The van der Waals surface area contributed by atoms with E-state index in [0.717, 1.165) is 11.1 Å². The van der Waals surface area contributed by atoms with Gasteiger partial charge in [0.1, 0.15) is 5.82 Å². The number of halogens is 7. The first-order chi connectivity index (χ1) is 19.7. The smallest absolute Gasteiger partial charge is 0.392 e. The number of fused-ring (bicyclic) bond motifs is 1. The second-order valence-corrected chi connectivity index (χ2v) is 10.5. The Morgan fingerprint density at radius 2 is 1.52 bits per heavy atom. The molecule has 2 unspecified atom stereocenters. The van der Waals surface area contributed by atoms with Crippen LogP contribution in [0.25, 0.3) is 5.57 Å². The summed E-state index contributed by atoms with van der Waals surface area (Å²) in [6, 6.07) is 13.5. The second-order valence-electron chi connectivity index (χ2n) is 10.5. The van der Waals surface area contributed by atoms with Crippen molar-refractivity contribution in [3.8, 4) is 0 Å². The predicted octanol–water partition coefficient (Wildman–Crippen LogP) is 7.28. The third-order valence-corrected chi connectivity index (χ3v) is 7.82. The molecule has 2 aliphatic rings. The van der Waals surface area contributed by atoms with E-state index in [-0.39, 0.29) is 30.7 Å². The van der Waals surface area contributed by atoms with E-state index >= 15 is 0 Å². The van der Waals surface area contributed by atoms with Crippen molar-refractivity contribution in [2.45, 2.75) is 56.5 Å². The molecule has 11 heteroatoms. The van der Waals surface area contributed by atoms with E-state index in [4.69, 9.17) is 4.74 Å². The molecule has 0 bridgehead atoms. The van der Waals surface area contributed by atoms with Gasteiger partial charge in [0.25, 0.3) is 0 Å². The highest BCUT2D eigenvalue weighted by Gasteiger charge is 2.48. The van der Waals surface area contributed by atoms with Crippen LogP contribution < -0.4 is 0 Å². The van der Waals surface area contributed by atoms with Crippen molar-refractivity contribution < 1.29 is 45.4 Å². The molecular weight excluding hydrogens is 567 g/mol. The van der Waals surface area contributed by atoms with Gasteiger partial charge in [-0.2, -0.15) is 26.3 Å². The Labute approximate surface area is 237 Å². The maximum absolute atomic E-state index is 13.8. The van der Waals surface area contributed by atoms with Gasteiger partial charge in [-0.25, -0.2) is 4.39 Å². The summed E-state index contributed by atoms with van der Waals surface area (Å²) in [5.41, 5.74) is -0.409. The quantitative estimate of drug-likeness (QED) is 0.306. The Bertz CT molecular complexity index is 1450. The van der Waals surface area contributed by atoms with Crippen molar-refractivity contribution in [2.75, 3.05) is 6.54 Å². The molecule has 1 amide bonds. The zero-order valence-electron chi connectivity index (χ0n) is 22.2. The van der Waals surface area contributed by atoms with E-state index in [1.807, 2.05) is 0 Å². The number of hydrogen-bond donors (Lipinski definition) is 1. The molecule has 0 spiro atoms. The largest absolute Gasteiger partial charge is 0.416 e. The monoisotopic (exact) mass is 593 g/mol. The number of hydrogen-bond acceptors (Lipinski definition) is 3. The van der Waals surface area contributed by atoms with Crippen LogP contribution >= 0.6 is 0 Å². The lowest BCUT2D eigenvalue weighted by Gasteiger charge is -2.33. The predicted molar refractivity (Wildman–Crippen MR) is 139 cm³/mol. The first kappa shape index (κ1) is 29.8. The van der Waals surface area contributed by atoms with Crippen LogP contribution in [0.15, 0.2) is 72.8 Å². The van der Waals surface area contributed by atoms with Crippen molar-refractivity contribution in [2.24, 2.45) is 0 Å². The molecule has 1 fully saturated rings. The van der Waals surface area contributed by atoms with E-state index < -0.39 is 53.5 Å². The third kappa shape index (κ3) is 6.07. The Morgan fingerprint density at radius 1 is 0.929 bits per heavy atom. The van der Waals surface area contributed by atoms with Crippen LogP contribution in [0.3, 0.4) is 0 Å². The van der Waals surface area contributed by atoms with E-state index in [9.17, 15) is 40.6 Å². The molecule has 222 valence electrons. The van der Waals surface area contributed by atoms with Gasteiger partial charge in [-0.15, -0.1) is 0 Å². The van der Waals surface area contributed by atoms with Gasteiger partial charge >= 0.3 is 12.4 Å². The molecule has 0 saturated carbocycles. The van der Waals surface area contributed by atoms with Gasteiger partial charge < -0.3 is 14.7 Å². The minimum atomic E-state index is -5.01. The highest BCUT2D eigenvalue weighted by atomic mass is 19.4. The van der Waals surface area contributed by atoms with Crippen molar-refractivity contribution >= 4 is 11.5 Å². The van der Waals surface area contributed by atoms with Crippen LogP contribution in [0, 0.1) is 5.82 Å². The normalized spacial score (nSPS) is 21.7. The van der Waals surface area contributed by atoms with Gasteiger partial charge in [0, 0.05) is 24.6 Å². The fraction of sp³-hybridized carbons (Fsp3) is 0.323. The van der Waals surface area contributed by atoms with Crippen molar-refractivity contribution in [3.05, 3.63) is 112 Å². The number of aliphatic hydroxyl groups excluding tert-OH is 1. The zero-order valence-corrected chi connectivity index (χ0v) is 22.2. The summed E-state index contributed by atoms with van der Waals surface area (Å²) in [5.74, 6) is -1.37. The lowest BCUT2D eigenvalue weighted by Crippen LogP contribution is -2.39. The first-order valence-electron chi connectivity index (χ1n) is 13.2. The third-order valence-electron chi connectivity index (χ3n) is 7.82. The van der Waals surface area contributed by atoms with Crippen LogP contribution in [0.4, 0.5) is 30.7 Å². The number of ether oxygens (including phenoxy) is 1. The van der Waals surface area contributed by atoms with E-state index in [0.29, 0.717) is 29.7 Å². The average Bonchev–Trinajstić information content (AvgIpc) is 3.30. The van der Waals surface area contributed by atoms with Crippen molar-refractivity contribution in [1.82, 2.24) is 4.90 Å². The molecule has 0 aliphatic carbocycles. The number of amides is 1. The fourth-order valence-corrected chi connectivity index (χ4v) is 5.72. The average molecular weight is 594 g/mol. The number of aliphatic hydroxyl groups is 1. The lowest BCUT2D eigenvalue weighted by atomic mass is 9.83. The van der Waals surface area contributed by atoms with E-state index in [1.54, 1.807) is 29.2 Å². The molecule has 3 aromatic carbocycles. The summed E-state index contributed by atoms with van der Waals surface area (Å²) in [7, 11) is 0. The number of benzene rings is 3. The van der Waals surface area contributed by atoms with Crippen LogP contribution in [0.5, 0.6) is 0 Å². The minimum absolute atomic E-state index is 0.0359. The Balaban J connectivity index is 1.48. The minimum Gasteiger partial charge on any atom is -0.392 e. The summed E-state index contributed by atoms with van der Waals surface area (Å²) < 4.78 is 101. The molecule has 5 rings (SSSR count). The van der Waals surface area contributed by atoms with Gasteiger partial charge in [-0.05, 0) is 71.5 Å². The fourth-order valence-electron chi connectivity index (χ4n) is 5.72. The molecule has 1 saturated heterocycles. The Morgan fingerprint density at radius 3 is 2.07 bits per heavy atom. The van der Waals surface area contributed by atoms with Crippen LogP contribution in [-0.2, 0) is 28.5 Å². The molecule has 4 atom stereocenters. The summed E-state index contributed by atoms with van der Waals surface area (Å²) in [6.07, 6.45) is -10.2. The molecule has 3 aromatic rings. The van der Waals surface area contributed by atoms with Gasteiger partial charge in [-0.1, -0.05) is 36.4 Å². The summed E-state index contributed by atoms with van der Waals surface area (Å²) >= 11 is 0. The summed E-state index contributed by atoms with van der Waals surface area (Å²) in [6.45, 7) is 1.26. The van der Waals surface area contributed by atoms with Crippen LogP contribution in [-0.4, -0.2) is 34.6 Å². The molecule has 42 heavy (non-hydrogen) atoms. The van der Waals surface area contributed by atoms with Crippen LogP contribution in [0.2, 0.25) is 0 Å². The van der Waals surface area contributed by atoms with E-state index in [1.165, 1.54) is 37.3 Å². The maximum atomic E-state index is 13.8. The molecule has 1 N–H and O–H groups in total. The molecule has 0 radical (unpaired) electrons. The van der Waals surface area contributed by atoms with Crippen molar-refractivity contribution in [1.29, 1.82) is 0 Å². The van der Waals surface area contributed by atoms with Crippen molar-refractivity contribution in [3.63, 3.8) is 0 Å². The second kappa shape index (κ2) is 11.2. The molecular formula is C31H26F7NO3. The lowest BCUT2D eigenvalue weighted by molar-refractivity contribution is -0.143. The topological polar surface area (TPSA) is 49.8 Å². The maximum Gasteiger partial charge on any atom is 0.416 e. The first-order valence-corrected chi connectivity index (χ1v) is 13.2. The Hall–Kier alpha value is -3.70. The number of alkyl halides is 6. The number of carbonyl (C=O) groups is 1. The number of carbonyl (C=O) groups excluding carboxylic acids is 1. The highest BCUT2D eigenvalue weighted by Crippen LogP contribution is 2.45. The van der Waals surface area contributed by atoms with Gasteiger partial charge in [0.2, 0.25) is 5.91 Å². The molecule has 0 aromatic heterocycles. The number of rotatable bonds is 6. The number of nitrogens with zero attached hydrogens (tertiary/aromatic N) is 1. The molecule has 2 heterocycles. The Kier molecular flexibility index (Phi) is 7.93. The van der Waals surface area contributed by atoms with Crippen LogP contribution in [0.1, 0.15) is 58.7 Å². The molecule has 2 aliphatic heterocycles. The van der Waals surface area contributed by atoms with Gasteiger partial charge in [-0.3, -0.25) is 4.79 Å². The standard InChI is InChI=1S/C31H26F7NO3/c1-17(21-10-23(30(33,34)35)14-24(11-21)31(36,37)38)42-27-15-39-26(29(27)20-6-8-25(32)9-7-20)12-22(13-28(39)41)19-4-2-18(16-40)3-5-19/h2-11,13-14,17,26-27,29,40H,12,15-16H2,1H3/t17?,26-,27-,29?/m0/s1. The summed E-state index contributed by atoms with van der Waals surface area (Å²) in [5, 5.41) is 9.35. The highest BCUT2D eigenvalue weighted by molar-refractivity contribution is 5.98. The summed E-state index contributed by atoms with van der Waals surface area (Å²) in [4.78, 5) is 14.8. The molecule has 4 nitrogen and oxygen atoms in total. The zero-order chi connectivity index (χ0) is 30.4. The van der Waals surface area contributed by atoms with Gasteiger partial charge in [0.15, 0.2) is 0 Å². The van der Waals surface area contributed by atoms with Gasteiger partial charge in [0.05, 0.1) is 29.9 Å². The SMILES string of the molecule is CC(O[C@H]1CN2C(=O)C=C(c3ccc(CO)cc3)C[C@H]2C1c1ccc(F)cc1)c1cc(C(F)(F)F)cc(C(F)(F)F)c1. The van der Waals surface area contributed by atoms with E-state index in [2.05, 4.69) is 0 Å².